The summed E-state index contributed by atoms with van der Waals surface area (Å²) in [6.07, 6.45) is 7.46. The molecule has 11 nitrogen and oxygen atoms in total. The number of carbonyl (C=O) groups is 3. The number of fused-ring (bicyclic) bond motifs is 2. The Morgan fingerprint density at radius 3 is 2.52 bits per heavy atom. The Morgan fingerprint density at radius 2 is 1.81 bits per heavy atom. The van der Waals surface area contributed by atoms with Gasteiger partial charge in [-0.05, 0) is 77.9 Å². The van der Waals surface area contributed by atoms with Gasteiger partial charge in [0.15, 0.2) is 5.78 Å². The van der Waals surface area contributed by atoms with Crippen LogP contribution in [0.5, 0.6) is 0 Å². The molecule has 0 radical (unpaired) electrons. The third kappa shape index (κ3) is 5.94. The molecule has 2 aliphatic rings. The topological polar surface area (TPSA) is 136 Å². The van der Waals surface area contributed by atoms with Gasteiger partial charge < -0.3 is 10.2 Å². The number of Topliss-reactive ketones (excluding diaryl/α,β-unsaturated/α-hetero) is 1. The first kappa shape index (κ1) is 32.2. The van der Waals surface area contributed by atoms with Gasteiger partial charge in [-0.2, -0.15) is 5.10 Å². The highest BCUT2D eigenvalue weighted by Crippen LogP contribution is 2.61. The number of nitrogens with zero attached hydrogens (tertiary/aromatic N) is 7. The van der Waals surface area contributed by atoms with Gasteiger partial charge in [0.05, 0.1) is 10.5 Å². The van der Waals surface area contributed by atoms with Crippen LogP contribution >= 0.6 is 27.3 Å². The Balaban J connectivity index is 1.20. The standard InChI is InChI=1S/C35H35BrN8O3S/c1-18(2)27-16-39-30(48-27)13-35-11-26(34(47)41-33-19(3)6-9-29(36)40-33)44(28(35)12-35)31(46)17-43-25-8-7-22(23-14-37-21(5)38-15-23)10-24(25)32(42-43)20(4)45/h6-10,14-16,18,26,28H,11-13,17H2,1-5H3,(H,40,41,47)/t26-,28+,35-/m0/s1. The number of aromatic nitrogens is 6. The highest BCUT2D eigenvalue weighted by molar-refractivity contribution is 9.10. The molecule has 0 unspecified atom stereocenters. The maximum absolute atomic E-state index is 14.3. The van der Waals surface area contributed by atoms with Gasteiger partial charge in [0.1, 0.15) is 34.5 Å². The minimum Gasteiger partial charge on any atom is -0.325 e. The summed E-state index contributed by atoms with van der Waals surface area (Å²) in [5.74, 6) is 0.802. The second-order valence-corrected chi connectivity index (χ2v) is 15.2. The Hall–Kier alpha value is -4.36. The molecule has 2 amide bonds. The number of hydrogen-bond donors (Lipinski definition) is 1. The first-order valence-electron chi connectivity index (χ1n) is 15.9. The number of hydrogen-bond acceptors (Lipinski definition) is 9. The normalized spacial score (nSPS) is 19.9. The number of ketones is 1. The van der Waals surface area contributed by atoms with Crippen molar-refractivity contribution in [2.45, 2.75) is 78.4 Å². The van der Waals surface area contributed by atoms with Gasteiger partial charge in [-0.15, -0.1) is 11.3 Å². The maximum atomic E-state index is 14.3. The predicted octanol–water partition coefficient (Wildman–Crippen LogP) is 6.29. The van der Waals surface area contributed by atoms with Crippen LogP contribution in [-0.2, 0) is 22.6 Å². The zero-order valence-electron chi connectivity index (χ0n) is 27.3. The number of rotatable bonds is 9. The Labute approximate surface area is 290 Å². The van der Waals surface area contributed by atoms with E-state index in [2.05, 4.69) is 55.1 Å². The number of carbonyl (C=O) groups excluding carboxylic acids is 3. The highest BCUT2D eigenvalue weighted by Gasteiger charge is 2.67. The van der Waals surface area contributed by atoms with Crippen LogP contribution in [0.1, 0.15) is 71.3 Å². The van der Waals surface area contributed by atoms with Gasteiger partial charge in [0, 0.05) is 59.2 Å². The fourth-order valence-corrected chi connectivity index (χ4v) is 8.15. The molecule has 1 saturated heterocycles. The summed E-state index contributed by atoms with van der Waals surface area (Å²) < 4.78 is 2.19. The second-order valence-electron chi connectivity index (χ2n) is 13.2. The molecule has 0 bridgehead atoms. The van der Waals surface area contributed by atoms with Crippen LogP contribution in [0.3, 0.4) is 0 Å². The quantitative estimate of drug-likeness (QED) is 0.138. The SMILES string of the molecule is CC(=O)c1nn(CC(=O)N2[C@H](C(=O)Nc3nc(Br)ccc3C)C[C@@]3(Cc4ncc(C(C)C)s4)C[C@@H]23)c2ccc(-c3cnc(C)nc3)cc12. The Kier molecular flexibility index (Phi) is 8.23. The first-order chi connectivity index (χ1) is 22.9. The monoisotopic (exact) mass is 726 g/mol. The summed E-state index contributed by atoms with van der Waals surface area (Å²) in [6.45, 7) is 9.36. The summed E-state index contributed by atoms with van der Waals surface area (Å²) in [5.41, 5.74) is 3.19. The maximum Gasteiger partial charge on any atom is 0.248 e. The van der Waals surface area contributed by atoms with Crippen molar-refractivity contribution in [3.05, 3.63) is 80.5 Å². The van der Waals surface area contributed by atoms with Crippen LogP contribution in [0.2, 0.25) is 0 Å². The number of benzene rings is 1. The summed E-state index contributed by atoms with van der Waals surface area (Å²) in [4.78, 5) is 61.7. The lowest BCUT2D eigenvalue weighted by atomic mass is 9.95. The summed E-state index contributed by atoms with van der Waals surface area (Å²) in [6, 6.07) is 8.57. The molecule has 5 heterocycles. The van der Waals surface area contributed by atoms with E-state index < -0.39 is 6.04 Å². The van der Waals surface area contributed by atoms with Crippen LogP contribution < -0.4 is 5.32 Å². The van der Waals surface area contributed by atoms with Gasteiger partial charge in [0.25, 0.3) is 0 Å². The third-order valence-corrected chi connectivity index (χ3v) is 11.2. The van der Waals surface area contributed by atoms with Crippen molar-refractivity contribution < 1.29 is 14.4 Å². The van der Waals surface area contributed by atoms with Gasteiger partial charge in [-0.25, -0.2) is 19.9 Å². The predicted molar refractivity (Wildman–Crippen MR) is 187 cm³/mol. The van der Waals surface area contributed by atoms with Gasteiger partial charge in [-0.1, -0.05) is 26.0 Å². The number of halogens is 1. The van der Waals surface area contributed by atoms with E-state index in [0.717, 1.165) is 28.1 Å². The number of thiazole rings is 1. The smallest absolute Gasteiger partial charge is 0.248 e. The Bertz CT molecular complexity index is 2090. The highest BCUT2D eigenvalue weighted by atomic mass is 79.9. The molecule has 5 aromatic rings. The molecule has 1 aliphatic heterocycles. The zero-order chi connectivity index (χ0) is 33.9. The lowest BCUT2D eigenvalue weighted by Gasteiger charge is -2.27. The number of pyridine rings is 1. The van der Waals surface area contributed by atoms with Gasteiger partial charge in [-0.3, -0.25) is 19.1 Å². The zero-order valence-corrected chi connectivity index (χ0v) is 29.7. The van der Waals surface area contributed by atoms with E-state index in [1.807, 2.05) is 50.4 Å². The molecule has 1 saturated carbocycles. The molecule has 3 atom stereocenters. The van der Waals surface area contributed by atoms with Crippen LogP contribution in [0.4, 0.5) is 5.82 Å². The fourth-order valence-electron chi connectivity index (χ4n) is 6.76. The number of nitrogens with one attached hydrogen (secondary N) is 1. The number of aryl methyl sites for hydroxylation is 2. The largest absolute Gasteiger partial charge is 0.325 e. The van der Waals surface area contributed by atoms with E-state index in [1.165, 1.54) is 11.8 Å². The van der Waals surface area contributed by atoms with Crippen molar-refractivity contribution in [3.63, 3.8) is 0 Å². The van der Waals surface area contributed by atoms with E-state index in [-0.39, 0.29) is 41.3 Å². The summed E-state index contributed by atoms with van der Waals surface area (Å²) >= 11 is 5.10. The molecular formula is C35H35BrN8O3S. The van der Waals surface area contributed by atoms with Crippen molar-refractivity contribution in [1.29, 1.82) is 0 Å². The number of anilines is 1. The van der Waals surface area contributed by atoms with Gasteiger partial charge >= 0.3 is 0 Å². The molecule has 246 valence electrons. The number of amides is 2. The number of piperidine rings is 1. The summed E-state index contributed by atoms with van der Waals surface area (Å²) in [5, 5.41) is 9.28. The third-order valence-electron chi connectivity index (χ3n) is 9.44. The molecule has 0 spiro atoms. The van der Waals surface area contributed by atoms with E-state index in [9.17, 15) is 14.4 Å². The van der Waals surface area contributed by atoms with Crippen LogP contribution in [0, 0.1) is 19.3 Å². The minimum absolute atomic E-state index is 0.106. The lowest BCUT2D eigenvalue weighted by molar-refractivity contribution is -0.138. The van der Waals surface area contributed by atoms with Crippen LogP contribution in [-0.4, -0.2) is 64.3 Å². The Morgan fingerprint density at radius 1 is 1.04 bits per heavy atom. The van der Waals surface area contributed by atoms with E-state index in [0.29, 0.717) is 45.9 Å². The molecule has 48 heavy (non-hydrogen) atoms. The number of likely N-dealkylation sites (tertiary alicyclic amines) is 1. The molecule has 13 heteroatoms. The molecule has 2 fully saturated rings. The van der Waals surface area contributed by atoms with E-state index in [4.69, 9.17) is 4.98 Å². The van der Waals surface area contributed by atoms with Crippen molar-refractivity contribution >= 4 is 61.6 Å². The molecular weight excluding hydrogens is 692 g/mol. The molecule has 1 aromatic carbocycles. The van der Waals surface area contributed by atoms with Crippen LogP contribution in [0.25, 0.3) is 22.0 Å². The minimum atomic E-state index is -0.691. The van der Waals surface area contributed by atoms with E-state index in [1.54, 1.807) is 33.3 Å². The lowest BCUT2D eigenvalue weighted by Crippen LogP contribution is -2.47. The van der Waals surface area contributed by atoms with Crippen LogP contribution in [0.15, 0.2) is 53.5 Å². The van der Waals surface area contributed by atoms with Crippen molar-refractivity contribution in [2.75, 3.05) is 5.32 Å². The summed E-state index contributed by atoms with van der Waals surface area (Å²) in [7, 11) is 0. The van der Waals surface area contributed by atoms with Crippen molar-refractivity contribution in [2.24, 2.45) is 5.41 Å². The first-order valence-corrected chi connectivity index (χ1v) is 17.5. The molecule has 1 aliphatic carbocycles. The fraction of sp³-hybridized carbons (Fsp3) is 0.371. The van der Waals surface area contributed by atoms with Gasteiger partial charge in [0.2, 0.25) is 11.8 Å². The molecule has 1 N–H and O–H groups in total. The second kappa shape index (κ2) is 12.3. The average Bonchev–Trinajstić information content (AvgIpc) is 3.35. The van der Waals surface area contributed by atoms with Crippen molar-refractivity contribution in [3.8, 4) is 11.1 Å². The average molecular weight is 728 g/mol. The van der Waals surface area contributed by atoms with E-state index >= 15 is 0 Å². The van der Waals surface area contributed by atoms with Crippen molar-refractivity contribution in [1.82, 2.24) is 34.6 Å². The molecule has 7 rings (SSSR count). The molecule has 4 aromatic heterocycles.